The molecular weight excluding hydrogens is 280 g/mol. The third kappa shape index (κ3) is 4.86. The maximum atomic E-state index is 12.5. The van der Waals surface area contributed by atoms with Crippen LogP contribution in [0, 0.1) is 6.92 Å². The van der Waals surface area contributed by atoms with Gasteiger partial charge in [-0.3, -0.25) is 0 Å². The SMILES string of the molecule is COCCN(CCCN(C)C)S(=O)(=O)c1cnc(C)[nH]1. The average molecular weight is 304 g/mol. The van der Waals surface area contributed by atoms with Gasteiger partial charge in [0.15, 0.2) is 5.03 Å². The molecule has 0 radical (unpaired) electrons. The molecule has 0 aliphatic rings. The number of hydrogen-bond acceptors (Lipinski definition) is 5. The molecule has 1 N–H and O–H groups in total. The highest BCUT2D eigenvalue weighted by molar-refractivity contribution is 7.89. The van der Waals surface area contributed by atoms with Crippen LogP contribution < -0.4 is 0 Å². The summed E-state index contributed by atoms with van der Waals surface area (Å²) in [6.45, 7) is 3.73. The minimum atomic E-state index is -3.53. The Bertz CT molecular complexity index is 499. The van der Waals surface area contributed by atoms with Gasteiger partial charge in [0, 0.05) is 20.2 Å². The van der Waals surface area contributed by atoms with Gasteiger partial charge in [-0.15, -0.1) is 0 Å². The molecule has 0 unspecified atom stereocenters. The fourth-order valence-electron chi connectivity index (χ4n) is 1.78. The summed E-state index contributed by atoms with van der Waals surface area (Å²) in [5, 5.41) is 0.135. The average Bonchev–Trinajstić information content (AvgIpc) is 2.80. The van der Waals surface area contributed by atoms with E-state index in [0.717, 1.165) is 13.0 Å². The summed E-state index contributed by atoms with van der Waals surface area (Å²) in [6, 6.07) is 0. The molecular formula is C12H24N4O3S. The van der Waals surface area contributed by atoms with E-state index in [9.17, 15) is 8.42 Å². The molecule has 0 aliphatic carbocycles. The lowest BCUT2D eigenvalue weighted by molar-refractivity contribution is 0.177. The van der Waals surface area contributed by atoms with Crippen LogP contribution in [0.2, 0.25) is 0 Å². The number of hydrogen-bond donors (Lipinski definition) is 1. The van der Waals surface area contributed by atoms with Crippen LogP contribution in [0.4, 0.5) is 0 Å². The van der Waals surface area contributed by atoms with E-state index in [1.165, 1.54) is 10.5 Å². The number of methoxy groups -OCH3 is 1. The molecule has 20 heavy (non-hydrogen) atoms. The van der Waals surface area contributed by atoms with Gasteiger partial charge in [-0.25, -0.2) is 13.4 Å². The zero-order chi connectivity index (χ0) is 15.2. The number of nitrogens with one attached hydrogen (secondary N) is 1. The number of sulfonamides is 1. The minimum Gasteiger partial charge on any atom is -0.383 e. The van der Waals surface area contributed by atoms with E-state index < -0.39 is 10.0 Å². The molecule has 0 aliphatic heterocycles. The van der Waals surface area contributed by atoms with Gasteiger partial charge in [-0.2, -0.15) is 4.31 Å². The maximum Gasteiger partial charge on any atom is 0.260 e. The van der Waals surface area contributed by atoms with Crippen molar-refractivity contribution >= 4 is 10.0 Å². The second-order valence-electron chi connectivity index (χ2n) is 4.89. The number of rotatable bonds is 9. The molecule has 0 aromatic carbocycles. The van der Waals surface area contributed by atoms with Crippen molar-refractivity contribution in [3.05, 3.63) is 12.0 Å². The summed E-state index contributed by atoms with van der Waals surface area (Å²) >= 11 is 0. The van der Waals surface area contributed by atoms with Crippen molar-refractivity contribution in [3.8, 4) is 0 Å². The summed E-state index contributed by atoms with van der Waals surface area (Å²) in [5.41, 5.74) is 0. The Hall–Kier alpha value is -0.960. The first-order chi connectivity index (χ1) is 9.37. The smallest absolute Gasteiger partial charge is 0.260 e. The summed E-state index contributed by atoms with van der Waals surface area (Å²) < 4.78 is 31.5. The second kappa shape index (κ2) is 7.72. The molecule has 8 heteroatoms. The quantitative estimate of drug-likeness (QED) is 0.710. The monoisotopic (exact) mass is 304 g/mol. The zero-order valence-corrected chi connectivity index (χ0v) is 13.4. The summed E-state index contributed by atoms with van der Waals surface area (Å²) in [6.07, 6.45) is 2.12. The molecule has 0 bridgehead atoms. The Labute approximate surface area is 121 Å². The van der Waals surface area contributed by atoms with Crippen molar-refractivity contribution in [1.82, 2.24) is 19.2 Å². The standard InChI is InChI=1S/C12H24N4O3S/c1-11-13-10-12(14-11)20(17,18)16(8-9-19-4)7-5-6-15(2)3/h10H,5-9H2,1-4H3,(H,13,14). The van der Waals surface area contributed by atoms with Gasteiger partial charge in [0.25, 0.3) is 10.0 Å². The Morgan fingerprint density at radius 2 is 2.00 bits per heavy atom. The first-order valence-electron chi connectivity index (χ1n) is 6.53. The summed E-state index contributed by atoms with van der Waals surface area (Å²) in [4.78, 5) is 8.76. The number of nitrogens with zero attached hydrogens (tertiary/aromatic N) is 3. The van der Waals surface area contributed by atoms with Crippen LogP contribution in [0.25, 0.3) is 0 Å². The van der Waals surface area contributed by atoms with Crippen molar-refractivity contribution in [2.24, 2.45) is 0 Å². The number of imidazole rings is 1. The maximum absolute atomic E-state index is 12.5. The molecule has 0 spiro atoms. The molecule has 0 saturated carbocycles. The second-order valence-corrected chi connectivity index (χ2v) is 6.79. The van der Waals surface area contributed by atoms with Crippen molar-refractivity contribution < 1.29 is 13.2 Å². The first-order valence-corrected chi connectivity index (χ1v) is 7.97. The Balaban J connectivity index is 2.80. The molecule has 1 aromatic heterocycles. The third-order valence-electron chi connectivity index (χ3n) is 2.86. The minimum absolute atomic E-state index is 0.135. The van der Waals surface area contributed by atoms with E-state index in [1.54, 1.807) is 14.0 Å². The predicted octanol–water partition coefficient (Wildman–Crippen LogP) is 0.307. The van der Waals surface area contributed by atoms with Gasteiger partial charge in [0.1, 0.15) is 5.82 Å². The van der Waals surface area contributed by atoms with Crippen LogP contribution in [0.5, 0.6) is 0 Å². The van der Waals surface area contributed by atoms with Gasteiger partial charge in [0.2, 0.25) is 0 Å². The molecule has 0 atom stereocenters. The fourth-order valence-corrected chi connectivity index (χ4v) is 3.20. The number of aromatic amines is 1. The molecule has 7 nitrogen and oxygen atoms in total. The highest BCUT2D eigenvalue weighted by Crippen LogP contribution is 2.13. The summed E-state index contributed by atoms with van der Waals surface area (Å²) in [7, 11) is 1.96. The van der Waals surface area contributed by atoms with Crippen molar-refractivity contribution in [3.63, 3.8) is 0 Å². The molecule has 116 valence electrons. The molecule has 0 fully saturated rings. The van der Waals surface area contributed by atoms with Crippen LogP contribution in [0.3, 0.4) is 0 Å². The number of aryl methyl sites for hydroxylation is 1. The molecule has 1 aromatic rings. The van der Waals surface area contributed by atoms with Gasteiger partial charge in [0.05, 0.1) is 12.8 Å². The lowest BCUT2D eigenvalue weighted by Crippen LogP contribution is -2.36. The van der Waals surface area contributed by atoms with E-state index in [1.807, 2.05) is 19.0 Å². The Morgan fingerprint density at radius 3 is 2.50 bits per heavy atom. The topological polar surface area (TPSA) is 78.5 Å². The van der Waals surface area contributed by atoms with Crippen LogP contribution in [0.15, 0.2) is 11.2 Å². The largest absolute Gasteiger partial charge is 0.383 e. The number of H-pyrrole nitrogens is 1. The highest BCUT2D eigenvalue weighted by Gasteiger charge is 2.25. The van der Waals surface area contributed by atoms with Crippen LogP contribution in [0.1, 0.15) is 12.2 Å². The van der Waals surface area contributed by atoms with Gasteiger partial charge < -0.3 is 14.6 Å². The lowest BCUT2D eigenvalue weighted by atomic mass is 10.4. The predicted molar refractivity (Wildman–Crippen MR) is 77.1 cm³/mol. The number of aromatic nitrogens is 2. The highest BCUT2D eigenvalue weighted by atomic mass is 32.2. The first kappa shape index (κ1) is 17.1. The van der Waals surface area contributed by atoms with Gasteiger partial charge >= 0.3 is 0 Å². The third-order valence-corrected chi connectivity index (χ3v) is 4.66. The van der Waals surface area contributed by atoms with E-state index in [-0.39, 0.29) is 5.03 Å². The normalized spacial score (nSPS) is 12.5. The van der Waals surface area contributed by atoms with Gasteiger partial charge in [-0.1, -0.05) is 0 Å². The molecule has 1 rings (SSSR count). The van der Waals surface area contributed by atoms with E-state index >= 15 is 0 Å². The van der Waals surface area contributed by atoms with Gasteiger partial charge in [-0.05, 0) is 34.0 Å². The molecule has 0 amide bonds. The lowest BCUT2D eigenvalue weighted by Gasteiger charge is -2.21. The van der Waals surface area contributed by atoms with Crippen molar-refractivity contribution in [2.45, 2.75) is 18.4 Å². The van der Waals surface area contributed by atoms with E-state index in [0.29, 0.717) is 25.5 Å². The Morgan fingerprint density at radius 1 is 1.30 bits per heavy atom. The van der Waals surface area contributed by atoms with E-state index in [2.05, 4.69) is 9.97 Å². The van der Waals surface area contributed by atoms with Crippen molar-refractivity contribution in [2.75, 3.05) is 47.4 Å². The number of ether oxygens (including phenoxy) is 1. The van der Waals surface area contributed by atoms with Crippen LogP contribution in [-0.4, -0.2) is 75.0 Å². The zero-order valence-electron chi connectivity index (χ0n) is 12.6. The van der Waals surface area contributed by atoms with Crippen molar-refractivity contribution in [1.29, 1.82) is 0 Å². The van der Waals surface area contributed by atoms with Crippen LogP contribution >= 0.6 is 0 Å². The molecule has 1 heterocycles. The fraction of sp³-hybridized carbons (Fsp3) is 0.750. The molecule has 0 saturated heterocycles. The van der Waals surface area contributed by atoms with Crippen LogP contribution in [-0.2, 0) is 14.8 Å². The Kier molecular flexibility index (Phi) is 6.60. The van der Waals surface area contributed by atoms with E-state index in [4.69, 9.17) is 4.74 Å². The summed E-state index contributed by atoms with van der Waals surface area (Å²) in [5.74, 6) is 0.587.